The second kappa shape index (κ2) is 12.6. The number of benzene rings is 1. The molecule has 1 aromatic carbocycles. The maximum Gasteiger partial charge on any atom is 0.407 e. The molecule has 1 atom stereocenters. The molecule has 4 rings (SSSR count). The molecule has 3 aromatic rings. The van der Waals surface area contributed by atoms with E-state index in [2.05, 4.69) is 15.6 Å². The van der Waals surface area contributed by atoms with E-state index >= 15 is 0 Å². The summed E-state index contributed by atoms with van der Waals surface area (Å²) in [5.74, 6) is 1.24. The average Bonchev–Trinajstić information content (AvgIpc) is 2.94. The van der Waals surface area contributed by atoms with Crippen LogP contribution >= 0.6 is 0 Å². The predicted molar refractivity (Wildman–Crippen MR) is 157 cm³/mol. The highest BCUT2D eigenvalue weighted by molar-refractivity contribution is 6.07. The van der Waals surface area contributed by atoms with Crippen LogP contribution in [0.25, 0.3) is 22.2 Å². The number of aliphatic hydroxyl groups is 1. The standard InChI is InChI=1S/C31H41N5O4/c1-20(19-37)34-28-14-13-23(17-32-28)27-15-25(24-7-5-6-8-26(24)35-27)29(38)33-16-21-9-11-22(12-10-21)18-36(30(39)40)31(2,3)4/h5-8,13-15,17,20-22,37H,9-12,16,18-19H2,1-4H3,(H,32,34)(H,33,38)(H,39,40). The molecule has 2 aromatic heterocycles. The molecule has 4 N–H and O–H groups in total. The Bertz CT molecular complexity index is 1310. The van der Waals surface area contributed by atoms with E-state index in [4.69, 9.17) is 4.98 Å². The molecule has 0 spiro atoms. The van der Waals surface area contributed by atoms with Crippen LogP contribution in [0.1, 0.15) is 63.7 Å². The van der Waals surface area contributed by atoms with E-state index in [0.717, 1.165) is 42.1 Å². The smallest absolute Gasteiger partial charge is 0.407 e. The zero-order valence-electron chi connectivity index (χ0n) is 23.9. The number of pyridine rings is 2. The molecular formula is C31H41N5O4. The van der Waals surface area contributed by atoms with E-state index in [1.54, 1.807) is 11.1 Å². The molecule has 1 fully saturated rings. The van der Waals surface area contributed by atoms with Crippen LogP contribution in [-0.2, 0) is 0 Å². The Morgan fingerprint density at radius 3 is 2.40 bits per heavy atom. The third kappa shape index (κ3) is 7.27. The predicted octanol–water partition coefficient (Wildman–Crippen LogP) is 5.40. The molecule has 1 aliphatic carbocycles. The summed E-state index contributed by atoms with van der Waals surface area (Å²) in [6.07, 6.45) is 4.69. The Morgan fingerprint density at radius 2 is 1.77 bits per heavy atom. The molecule has 1 saturated carbocycles. The minimum atomic E-state index is -0.870. The van der Waals surface area contributed by atoms with Crippen LogP contribution in [0.15, 0.2) is 48.7 Å². The Balaban J connectivity index is 1.42. The fourth-order valence-electron chi connectivity index (χ4n) is 5.29. The fourth-order valence-corrected chi connectivity index (χ4v) is 5.29. The molecule has 2 amide bonds. The van der Waals surface area contributed by atoms with E-state index in [-0.39, 0.29) is 18.6 Å². The molecule has 9 heteroatoms. The first kappa shape index (κ1) is 29.3. The highest BCUT2D eigenvalue weighted by Gasteiger charge is 2.31. The van der Waals surface area contributed by atoms with Crippen molar-refractivity contribution < 1.29 is 19.8 Å². The van der Waals surface area contributed by atoms with Crippen molar-refractivity contribution in [2.24, 2.45) is 11.8 Å². The number of carbonyl (C=O) groups is 2. The number of aliphatic hydroxyl groups excluding tert-OH is 1. The number of carboxylic acid groups (broad SMARTS) is 1. The first-order valence-electron chi connectivity index (χ1n) is 14.1. The van der Waals surface area contributed by atoms with Gasteiger partial charge in [-0.2, -0.15) is 0 Å². The first-order valence-corrected chi connectivity index (χ1v) is 14.1. The van der Waals surface area contributed by atoms with Crippen molar-refractivity contribution in [1.82, 2.24) is 20.2 Å². The molecule has 0 radical (unpaired) electrons. The van der Waals surface area contributed by atoms with E-state index in [1.165, 1.54) is 0 Å². The minimum Gasteiger partial charge on any atom is -0.465 e. The number of nitrogens with one attached hydrogen (secondary N) is 2. The van der Waals surface area contributed by atoms with Gasteiger partial charge < -0.3 is 25.7 Å². The Kier molecular flexibility index (Phi) is 9.25. The van der Waals surface area contributed by atoms with Gasteiger partial charge in [0.15, 0.2) is 0 Å². The lowest BCUT2D eigenvalue weighted by molar-refractivity contribution is 0.0786. The summed E-state index contributed by atoms with van der Waals surface area (Å²) in [7, 11) is 0. The first-order chi connectivity index (χ1) is 19.0. The quantitative estimate of drug-likeness (QED) is 0.282. The molecule has 40 heavy (non-hydrogen) atoms. The number of hydrogen-bond acceptors (Lipinski definition) is 6. The fraction of sp³-hybridized carbons (Fsp3) is 0.484. The molecule has 2 heterocycles. The number of aromatic nitrogens is 2. The monoisotopic (exact) mass is 547 g/mol. The lowest BCUT2D eigenvalue weighted by Gasteiger charge is -2.38. The summed E-state index contributed by atoms with van der Waals surface area (Å²) in [4.78, 5) is 35.9. The van der Waals surface area contributed by atoms with Crippen molar-refractivity contribution in [3.05, 3.63) is 54.2 Å². The van der Waals surface area contributed by atoms with E-state index in [1.807, 2.05) is 70.2 Å². The summed E-state index contributed by atoms with van der Waals surface area (Å²) in [6.45, 7) is 8.81. The maximum atomic E-state index is 13.4. The number of para-hydroxylation sites is 1. The average molecular weight is 548 g/mol. The third-order valence-electron chi connectivity index (χ3n) is 7.69. The van der Waals surface area contributed by atoms with Gasteiger partial charge in [-0.05, 0) is 89.5 Å². The summed E-state index contributed by atoms with van der Waals surface area (Å²) in [5.41, 5.74) is 2.36. The van der Waals surface area contributed by atoms with Crippen molar-refractivity contribution in [1.29, 1.82) is 0 Å². The van der Waals surface area contributed by atoms with Gasteiger partial charge in [-0.1, -0.05) is 18.2 Å². The Morgan fingerprint density at radius 1 is 1.07 bits per heavy atom. The van der Waals surface area contributed by atoms with Crippen LogP contribution < -0.4 is 10.6 Å². The molecule has 9 nitrogen and oxygen atoms in total. The van der Waals surface area contributed by atoms with Gasteiger partial charge >= 0.3 is 6.09 Å². The SMILES string of the molecule is CC(CO)Nc1ccc(-c2cc(C(=O)NCC3CCC(CN(C(=O)O)C(C)(C)C)CC3)c3ccccc3n2)cn1. The molecule has 1 unspecified atom stereocenters. The maximum absolute atomic E-state index is 13.4. The van der Waals surface area contributed by atoms with Gasteiger partial charge in [-0.25, -0.2) is 14.8 Å². The number of nitrogens with zero attached hydrogens (tertiary/aromatic N) is 3. The van der Waals surface area contributed by atoms with E-state index < -0.39 is 11.6 Å². The van der Waals surface area contributed by atoms with Gasteiger partial charge in [0, 0.05) is 41.8 Å². The Hall–Kier alpha value is -3.72. The van der Waals surface area contributed by atoms with Gasteiger partial charge in [-0.3, -0.25) is 4.79 Å². The number of rotatable bonds is 9. The van der Waals surface area contributed by atoms with Gasteiger partial charge in [0.25, 0.3) is 5.91 Å². The summed E-state index contributed by atoms with van der Waals surface area (Å²) >= 11 is 0. The zero-order valence-corrected chi connectivity index (χ0v) is 23.9. The summed E-state index contributed by atoms with van der Waals surface area (Å²) in [5, 5.41) is 26.0. The van der Waals surface area contributed by atoms with Crippen molar-refractivity contribution in [3.63, 3.8) is 0 Å². The van der Waals surface area contributed by atoms with Crippen LogP contribution in [0, 0.1) is 11.8 Å². The lowest BCUT2D eigenvalue weighted by Crippen LogP contribution is -2.47. The van der Waals surface area contributed by atoms with Crippen LogP contribution in [0.2, 0.25) is 0 Å². The third-order valence-corrected chi connectivity index (χ3v) is 7.69. The second-order valence-electron chi connectivity index (χ2n) is 11.9. The molecule has 0 bridgehead atoms. The molecule has 1 aliphatic rings. The molecule has 214 valence electrons. The largest absolute Gasteiger partial charge is 0.465 e. The summed E-state index contributed by atoms with van der Waals surface area (Å²) < 4.78 is 0. The highest BCUT2D eigenvalue weighted by atomic mass is 16.4. The molecule has 0 aliphatic heterocycles. The van der Waals surface area contributed by atoms with Crippen LogP contribution in [-0.4, -0.2) is 68.4 Å². The van der Waals surface area contributed by atoms with Gasteiger partial charge in [0.2, 0.25) is 0 Å². The number of fused-ring (bicyclic) bond motifs is 1. The number of amides is 2. The molecular weight excluding hydrogens is 506 g/mol. The normalized spacial score (nSPS) is 18.2. The van der Waals surface area contributed by atoms with Crippen molar-refractivity contribution in [2.45, 2.75) is 65.0 Å². The topological polar surface area (TPSA) is 128 Å². The number of anilines is 1. The lowest BCUT2D eigenvalue weighted by atomic mass is 9.81. The van der Waals surface area contributed by atoms with E-state index in [9.17, 15) is 19.8 Å². The Labute approximate surface area is 236 Å². The molecule has 0 saturated heterocycles. The van der Waals surface area contributed by atoms with Crippen molar-refractivity contribution >= 4 is 28.7 Å². The number of carbonyl (C=O) groups excluding carboxylic acids is 1. The van der Waals surface area contributed by atoms with Crippen LogP contribution in [0.3, 0.4) is 0 Å². The number of hydrogen-bond donors (Lipinski definition) is 4. The van der Waals surface area contributed by atoms with Gasteiger partial charge in [0.1, 0.15) is 5.82 Å². The van der Waals surface area contributed by atoms with Crippen LogP contribution in [0.4, 0.5) is 10.6 Å². The summed E-state index contributed by atoms with van der Waals surface area (Å²) in [6, 6.07) is 13.1. The zero-order chi connectivity index (χ0) is 28.9. The van der Waals surface area contributed by atoms with Gasteiger partial charge in [-0.15, -0.1) is 0 Å². The highest BCUT2D eigenvalue weighted by Crippen LogP contribution is 2.31. The van der Waals surface area contributed by atoms with E-state index in [0.29, 0.717) is 42.0 Å². The van der Waals surface area contributed by atoms with Crippen LogP contribution in [0.5, 0.6) is 0 Å². The minimum absolute atomic E-state index is 0.0100. The van der Waals surface area contributed by atoms with Crippen molar-refractivity contribution in [2.75, 3.05) is 25.0 Å². The van der Waals surface area contributed by atoms with Crippen molar-refractivity contribution in [3.8, 4) is 11.3 Å². The second-order valence-corrected chi connectivity index (χ2v) is 11.9. The van der Waals surface area contributed by atoms with Gasteiger partial charge in [0.05, 0.1) is 23.4 Å².